The van der Waals surface area contributed by atoms with Crippen LogP contribution in [0.15, 0.2) is 12.2 Å². The molecule has 0 aliphatic heterocycles. The fourth-order valence-corrected chi connectivity index (χ4v) is 0.354. The third kappa shape index (κ3) is 8.04. The second-order valence-electron chi connectivity index (χ2n) is 1.88. The van der Waals surface area contributed by atoms with Gasteiger partial charge in [0.25, 0.3) is 6.47 Å². The van der Waals surface area contributed by atoms with Crippen molar-refractivity contribution in [2.45, 2.75) is 6.92 Å². The molecule has 66 valence electrons. The summed E-state index contributed by atoms with van der Waals surface area (Å²) in [6.07, 6.45) is 0. The summed E-state index contributed by atoms with van der Waals surface area (Å²) in [6, 6.07) is 0. The Morgan fingerprint density at radius 1 is 1.50 bits per heavy atom. The molecule has 0 unspecified atom stereocenters. The van der Waals surface area contributed by atoms with Gasteiger partial charge in [0.05, 0.1) is 0 Å². The minimum atomic E-state index is -0.473. The maximum absolute atomic E-state index is 10.6. The summed E-state index contributed by atoms with van der Waals surface area (Å²) in [7, 11) is 0. The van der Waals surface area contributed by atoms with Gasteiger partial charge >= 0.3 is 43.7 Å². The quantitative estimate of drug-likeness (QED) is 0.195. The summed E-state index contributed by atoms with van der Waals surface area (Å²) in [6.45, 7) is 5.37. The van der Waals surface area contributed by atoms with E-state index >= 15 is 0 Å². The van der Waals surface area contributed by atoms with Crippen molar-refractivity contribution < 1.29 is 19.1 Å². The van der Waals surface area contributed by atoms with Crippen LogP contribution in [0.5, 0.6) is 0 Å². The standard InChI is InChI=1S/C7H10O4.Ca.2H/c1-6(2)7(9)11-4-3-10-5-8;;;/h5H,1,3-4H2,2H3;;;. The van der Waals surface area contributed by atoms with Crippen molar-refractivity contribution in [2.24, 2.45) is 0 Å². The maximum atomic E-state index is 10.6. The molecule has 0 saturated heterocycles. The summed E-state index contributed by atoms with van der Waals surface area (Å²) in [4.78, 5) is 20.2. The van der Waals surface area contributed by atoms with Crippen molar-refractivity contribution in [3.8, 4) is 0 Å². The van der Waals surface area contributed by atoms with Crippen molar-refractivity contribution in [2.75, 3.05) is 13.2 Å². The van der Waals surface area contributed by atoms with E-state index in [0.29, 0.717) is 12.0 Å². The molecule has 0 rings (SSSR count). The molecule has 0 N–H and O–H groups in total. The molecule has 4 nitrogen and oxygen atoms in total. The van der Waals surface area contributed by atoms with E-state index in [1.54, 1.807) is 6.92 Å². The first-order valence-electron chi connectivity index (χ1n) is 3.06. The van der Waals surface area contributed by atoms with Gasteiger partial charge < -0.3 is 9.47 Å². The third-order valence-electron chi connectivity index (χ3n) is 0.851. The normalized spacial score (nSPS) is 7.75. The fourth-order valence-electron chi connectivity index (χ4n) is 0.354. The van der Waals surface area contributed by atoms with Crippen molar-refractivity contribution in [3.63, 3.8) is 0 Å². The number of esters is 1. The van der Waals surface area contributed by atoms with Crippen molar-refractivity contribution in [3.05, 3.63) is 12.2 Å². The molecule has 0 aromatic heterocycles. The van der Waals surface area contributed by atoms with Gasteiger partial charge in [0, 0.05) is 5.57 Å². The topological polar surface area (TPSA) is 52.6 Å². The number of rotatable bonds is 5. The number of carbonyl (C=O) groups is 2. The molecule has 0 aromatic rings. The van der Waals surface area contributed by atoms with E-state index in [1.165, 1.54) is 0 Å². The molecular weight excluding hydrogens is 188 g/mol. The van der Waals surface area contributed by atoms with Crippen LogP contribution in [0.1, 0.15) is 6.92 Å². The Kier molecular flexibility index (Phi) is 10.9. The van der Waals surface area contributed by atoms with Crippen LogP contribution in [0.25, 0.3) is 0 Å². The van der Waals surface area contributed by atoms with Gasteiger partial charge in [0.15, 0.2) is 0 Å². The van der Waals surface area contributed by atoms with Crippen molar-refractivity contribution in [1.29, 1.82) is 0 Å². The number of hydrogen-bond donors (Lipinski definition) is 0. The SMILES string of the molecule is C=C(C)C(=O)OCCOC=O.[CaH2]. The predicted molar refractivity (Wildman–Crippen MR) is 46.3 cm³/mol. The summed E-state index contributed by atoms with van der Waals surface area (Å²) in [5.41, 5.74) is 0.330. The summed E-state index contributed by atoms with van der Waals surface area (Å²) < 4.78 is 8.86. The Morgan fingerprint density at radius 2 is 2.08 bits per heavy atom. The molecule has 0 heterocycles. The van der Waals surface area contributed by atoms with Gasteiger partial charge in [-0.2, -0.15) is 0 Å². The number of carbonyl (C=O) groups excluding carboxylic acids is 2. The minimum absolute atomic E-state index is 0. The van der Waals surface area contributed by atoms with Crippen molar-refractivity contribution in [1.82, 2.24) is 0 Å². The van der Waals surface area contributed by atoms with Gasteiger partial charge in [0.2, 0.25) is 0 Å². The first-order chi connectivity index (χ1) is 5.18. The summed E-state index contributed by atoms with van der Waals surface area (Å²) in [5.74, 6) is -0.473. The second-order valence-corrected chi connectivity index (χ2v) is 1.88. The van der Waals surface area contributed by atoms with Gasteiger partial charge in [-0.05, 0) is 6.92 Å². The first kappa shape index (κ1) is 14.5. The van der Waals surface area contributed by atoms with E-state index in [9.17, 15) is 9.59 Å². The monoisotopic (exact) mass is 200 g/mol. The Balaban J connectivity index is 0. The molecule has 0 saturated carbocycles. The molecular formula is C7H12CaO4. The zero-order valence-corrected chi connectivity index (χ0v) is 6.33. The van der Waals surface area contributed by atoms with Gasteiger partial charge in [-0.3, -0.25) is 4.79 Å². The van der Waals surface area contributed by atoms with Crippen molar-refractivity contribution >= 4 is 50.2 Å². The fraction of sp³-hybridized carbons (Fsp3) is 0.429. The number of ether oxygens (including phenoxy) is 2. The second kappa shape index (κ2) is 9.03. The van der Waals surface area contributed by atoms with Crippen LogP contribution in [0.2, 0.25) is 0 Å². The van der Waals surface area contributed by atoms with E-state index in [1.807, 2.05) is 0 Å². The number of hydrogen-bond acceptors (Lipinski definition) is 4. The molecule has 0 atom stereocenters. The van der Waals surface area contributed by atoms with Crippen LogP contribution in [0.4, 0.5) is 0 Å². The van der Waals surface area contributed by atoms with E-state index in [0.717, 1.165) is 0 Å². The summed E-state index contributed by atoms with van der Waals surface area (Å²) in [5, 5.41) is 0. The van der Waals surface area contributed by atoms with Crippen LogP contribution < -0.4 is 0 Å². The molecule has 0 aliphatic rings. The molecule has 5 heteroatoms. The van der Waals surface area contributed by atoms with E-state index in [4.69, 9.17) is 0 Å². The zero-order chi connectivity index (χ0) is 8.69. The average Bonchev–Trinajstić information content (AvgIpc) is 1.97. The average molecular weight is 200 g/mol. The van der Waals surface area contributed by atoms with Crippen LogP contribution >= 0.6 is 0 Å². The molecule has 0 aromatic carbocycles. The molecule has 0 amide bonds. The molecule has 0 aliphatic carbocycles. The Hall–Kier alpha value is -0.0603. The van der Waals surface area contributed by atoms with Crippen LogP contribution in [-0.2, 0) is 19.1 Å². The molecule has 0 bridgehead atoms. The van der Waals surface area contributed by atoms with Gasteiger partial charge in [0.1, 0.15) is 13.2 Å². The van der Waals surface area contributed by atoms with Crippen LogP contribution in [0.3, 0.4) is 0 Å². The summed E-state index contributed by atoms with van der Waals surface area (Å²) >= 11 is 0. The van der Waals surface area contributed by atoms with E-state index in [-0.39, 0.29) is 51.0 Å². The predicted octanol–water partition coefficient (Wildman–Crippen LogP) is -0.638. The first-order valence-corrected chi connectivity index (χ1v) is 3.06. The Morgan fingerprint density at radius 3 is 2.50 bits per heavy atom. The zero-order valence-electron chi connectivity index (χ0n) is 6.33. The van der Waals surface area contributed by atoms with Gasteiger partial charge in [-0.25, -0.2) is 4.79 Å². The van der Waals surface area contributed by atoms with Gasteiger partial charge in [-0.1, -0.05) is 6.58 Å². The molecule has 12 heavy (non-hydrogen) atoms. The van der Waals surface area contributed by atoms with Crippen LogP contribution in [-0.4, -0.2) is 63.4 Å². The Labute approximate surface area is 101 Å². The Bertz CT molecular complexity index is 167. The molecule has 0 fully saturated rings. The van der Waals surface area contributed by atoms with E-state index < -0.39 is 5.97 Å². The third-order valence-corrected chi connectivity index (χ3v) is 0.851. The van der Waals surface area contributed by atoms with E-state index in [2.05, 4.69) is 16.1 Å². The molecule has 0 spiro atoms. The molecule has 0 radical (unpaired) electrons. The van der Waals surface area contributed by atoms with Gasteiger partial charge in [-0.15, -0.1) is 0 Å². The van der Waals surface area contributed by atoms with Crippen LogP contribution in [0, 0.1) is 0 Å².